The van der Waals surface area contributed by atoms with Crippen molar-refractivity contribution in [1.29, 1.82) is 0 Å². The summed E-state index contributed by atoms with van der Waals surface area (Å²) in [6.07, 6.45) is -0.761. The smallest absolute Gasteiger partial charge is 0.310 e. The summed E-state index contributed by atoms with van der Waals surface area (Å²) in [7, 11) is -1.44. The Bertz CT molecular complexity index is 617. The van der Waals surface area contributed by atoms with E-state index in [0.717, 1.165) is 0 Å². The van der Waals surface area contributed by atoms with E-state index in [-0.39, 0.29) is 24.2 Å². The molecular weight excluding hydrogens is 280 g/mol. The van der Waals surface area contributed by atoms with Crippen LogP contribution in [0.4, 0.5) is 0 Å². The fourth-order valence-corrected chi connectivity index (χ4v) is 3.78. The fourth-order valence-electron chi connectivity index (χ4n) is 2.49. The van der Waals surface area contributed by atoms with E-state index in [2.05, 4.69) is 0 Å². The zero-order chi connectivity index (χ0) is 14.7. The Morgan fingerprint density at radius 2 is 2.00 bits per heavy atom. The zero-order valence-electron chi connectivity index (χ0n) is 11.5. The Labute approximate surface area is 119 Å². The third-order valence-electron chi connectivity index (χ3n) is 3.40. The minimum absolute atomic E-state index is 0.0517. The Balaban J connectivity index is 2.16. The van der Waals surface area contributed by atoms with Crippen LogP contribution in [0, 0.1) is 0 Å². The molecule has 1 aromatic rings. The molecule has 20 heavy (non-hydrogen) atoms. The van der Waals surface area contributed by atoms with Gasteiger partial charge in [-0.1, -0.05) is 0 Å². The standard InChI is InChI=1S/C14H16O5S/c1-14(2,3)20(17)13-7(15)4-5-8-11(13)12-9(18-8)6-10(16)19-12/h4-5,9,12,15H,6H2,1-3H3/t9-,12+,20?/m1/s1. The molecule has 1 unspecified atom stereocenters. The lowest BCUT2D eigenvalue weighted by Crippen LogP contribution is -2.23. The number of hydrogen-bond donors (Lipinski definition) is 1. The fraction of sp³-hybridized carbons (Fsp3) is 0.500. The number of phenolic OH excluding ortho intramolecular Hbond substituents is 1. The summed E-state index contributed by atoms with van der Waals surface area (Å²) in [4.78, 5) is 11.7. The average molecular weight is 296 g/mol. The molecule has 0 radical (unpaired) electrons. The summed E-state index contributed by atoms with van der Waals surface area (Å²) in [5, 5.41) is 10.1. The monoisotopic (exact) mass is 296 g/mol. The molecule has 0 spiro atoms. The van der Waals surface area contributed by atoms with Crippen molar-refractivity contribution >= 4 is 16.8 Å². The van der Waals surface area contributed by atoms with Crippen molar-refractivity contribution in [2.45, 2.75) is 49.0 Å². The van der Waals surface area contributed by atoms with E-state index in [1.165, 1.54) is 6.07 Å². The molecule has 6 heteroatoms. The van der Waals surface area contributed by atoms with Gasteiger partial charge in [0.1, 0.15) is 11.5 Å². The first-order chi connectivity index (χ1) is 9.29. The maximum absolute atomic E-state index is 12.7. The molecule has 0 aromatic heterocycles. The second-order valence-electron chi connectivity index (χ2n) is 5.98. The molecule has 3 atom stereocenters. The molecule has 0 saturated carbocycles. The van der Waals surface area contributed by atoms with Gasteiger partial charge in [-0.15, -0.1) is 0 Å². The largest absolute Gasteiger partial charge is 0.507 e. The van der Waals surface area contributed by atoms with Gasteiger partial charge in [0.2, 0.25) is 0 Å². The molecule has 0 amide bonds. The summed E-state index contributed by atoms with van der Waals surface area (Å²) in [5.74, 6) is 0.156. The molecule has 0 bridgehead atoms. The van der Waals surface area contributed by atoms with Gasteiger partial charge >= 0.3 is 5.97 Å². The van der Waals surface area contributed by atoms with Crippen LogP contribution in [0.2, 0.25) is 0 Å². The van der Waals surface area contributed by atoms with Gasteiger partial charge in [-0.05, 0) is 32.9 Å². The molecule has 1 aromatic carbocycles. The number of benzene rings is 1. The Hall–Kier alpha value is -1.56. The first kappa shape index (κ1) is 13.4. The number of esters is 1. The predicted molar refractivity (Wildman–Crippen MR) is 72.1 cm³/mol. The van der Waals surface area contributed by atoms with Gasteiger partial charge in [0, 0.05) is 4.75 Å². The van der Waals surface area contributed by atoms with E-state index in [4.69, 9.17) is 9.47 Å². The molecule has 3 rings (SSSR count). The van der Waals surface area contributed by atoms with Crippen molar-refractivity contribution in [3.8, 4) is 11.5 Å². The quantitative estimate of drug-likeness (QED) is 0.803. The lowest BCUT2D eigenvalue weighted by atomic mass is 10.1. The Kier molecular flexibility index (Phi) is 2.83. The van der Waals surface area contributed by atoms with Gasteiger partial charge < -0.3 is 14.6 Å². The first-order valence-electron chi connectivity index (χ1n) is 6.43. The maximum Gasteiger partial charge on any atom is 0.310 e. The third kappa shape index (κ3) is 1.90. The molecule has 1 saturated heterocycles. The van der Waals surface area contributed by atoms with Gasteiger partial charge in [-0.2, -0.15) is 0 Å². The lowest BCUT2D eigenvalue weighted by Gasteiger charge is -2.21. The highest BCUT2D eigenvalue weighted by Gasteiger charge is 2.47. The minimum Gasteiger partial charge on any atom is -0.507 e. The topological polar surface area (TPSA) is 72.8 Å². The molecule has 5 nitrogen and oxygen atoms in total. The normalized spacial score (nSPS) is 25.6. The average Bonchev–Trinajstić information content (AvgIpc) is 2.83. The van der Waals surface area contributed by atoms with E-state index >= 15 is 0 Å². The van der Waals surface area contributed by atoms with Crippen molar-refractivity contribution in [2.24, 2.45) is 0 Å². The van der Waals surface area contributed by atoms with Gasteiger partial charge in [-0.3, -0.25) is 9.00 Å². The summed E-state index contributed by atoms with van der Waals surface area (Å²) in [6, 6.07) is 3.10. The van der Waals surface area contributed by atoms with E-state index in [1.54, 1.807) is 6.07 Å². The Morgan fingerprint density at radius 1 is 1.30 bits per heavy atom. The van der Waals surface area contributed by atoms with Crippen LogP contribution < -0.4 is 4.74 Å². The number of rotatable bonds is 1. The van der Waals surface area contributed by atoms with Crippen LogP contribution in [0.1, 0.15) is 38.9 Å². The van der Waals surface area contributed by atoms with Crippen LogP contribution in [0.15, 0.2) is 17.0 Å². The molecule has 1 N–H and O–H groups in total. The van der Waals surface area contributed by atoms with Crippen molar-refractivity contribution in [3.63, 3.8) is 0 Å². The van der Waals surface area contributed by atoms with Crippen molar-refractivity contribution in [1.82, 2.24) is 0 Å². The number of carbonyl (C=O) groups is 1. The predicted octanol–water partition coefficient (Wildman–Crippen LogP) is 2.05. The van der Waals surface area contributed by atoms with Gasteiger partial charge in [0.05, 0.1) is 27.7 Å². The summed E-state index contributed by atoms with van der Waals surface area (Å²) < 4.78 is 23.1. The van der Waals surface area contributed by atoms with Crippen molar-refractivity contribution in [3.05, 3.63) is 17.7 Å². The highest BCUT2D eigenvalue weighted by Crippen LogP contribution is 2.49. The molecule has 2 heterocycles. The number of aromatic hydroxyl groups is 1. The molecule has 2 aliphatic rings. The van der Waals surface area contributed by atoms with Crippen molar-refractivity contribution in [2.75, 3.05) is 0 Å². The Morgan fingerprint density at radius 3 is 2.65 bits per heavy atom. The van der Waals surface area contributed by atoms with Crippen LogP contribution in [0.25, 0.3) is 0 Å². The lowest BCUT2D eigenvalue weighted by molar-refractivity contribution is -0.141. The van der Waals surface area contributed by atoms with E-state index in [1.807, 2.05) is 20.8 Å². The maximum atomic E-state index is 12.7. The summed E-state index contributed by atoms with van der Waals surface area (Å²) >= 11 is 0. The molecule has 0 aliphatic carbocycles. The van der Waals surface area contributed by atoms with Gasteiger partial charge in [-0.25, -0.2) is 0 Å². The van der Waals surface area contributed by atoms with E-state index in [0.29, 0.717) is 16.2 Å². The number of phenols is 1. The van der Waals surface area contributed by atoms with Crippen LogP contribution in [0.5, 0.6) is 11.5 Å². The molecular formula is C14H16O5S. The minimum atomic E-state index is -1.44. The SMILES string of the molecule is CC(C)(C)S(=O)c1c(O)ccc2c1[C@H]1OC(=O)C[C@H]1O2. The van der Waals surface area contributed by atoms with Gasteiger partial charge in [0.25, 0.3) is 0 Å². The van der Waals surface area contributed by atoms with Crippen LogP contribution in [-0.2, 0) is 20.3 Å². The van der Waals surface area contributed by atoms with Gasteiger partial charge in [0.15, 0.2) is 12.2 Å². The van der Waals surface area contributed by atoms with Crippen LogP contribution >= 0.6 is 0 Å². The third-order valence-corrected chi connectivity index (χ3v) is 5.32. The summed E-state index contributed by atoms with van der Waals surface area (Å²) in [6.45, 7) is 5.49. The molecule has 2 aliphatic heterocycles. The molecule has 108 valence electrons. The van der Waals surface area contributed by atoms with Crippen LogP contribution in [-0.4, -0.2) is 26.1 Å². The summed E-state index contributed by atoms with van der Waals surface area (Å²) in [5.41, 5.74) is 0.550. The number of fused-ring (bicyclic) bond motifs is 3. The number of ether oxygens (including phenoxy) is 2. The molecule has 1 fully saturated rings. The highest BCUT2D eigenvalue weighted by atomic mass is 32.2. The van der Waals surface area contributed by atoms with Crippen LogP contribution in [0.3, 0.4) is 0 Å². The highest BCUT2D eigenvalue weighted by molar-refractivity contribution is 7.86. The first-order valence-corrected chi connectivity index (χ1v) is 7.58. The number of carbonyl (C=O) groups excluding carboxylic acids is 1. The van der Waals surface area contributed by atoms with E-state index in [9.17, 15) is 14.1 Å². The second-order valence-corrected chi connectivity index (χ2v) is 8.15. The van der Waals surface area contributed by atoms with E-state index < -0.39 is 21.7 Å². The number of hydrogen-bond acceptors (Lipinski definition) is 5. The second kappa shape index (κ2) is 4.22. The van der Waals surface area contributed by atoms with Crippen molar-refractivity contribution < 1.29 is 23.6 Å². The zero-order valence-corrected chi connectivity index (χ0v) is 12.3.